The molecule has 0 aliphatic carbocycles. The molecule has 0 saturated heterocycles. The second kappa shape index (κ2) is 10.1. The molecule has 0 spiro atoms. The Balaban J connectivity index is 2.71. The van der Waals surface area contributed by atoms with Crippen molar-refractivity contribution in [3.05, 3.63) is 29.8 Å². The van der Waals surface area contributed by atoms with Gasteiger partial charge >= 0.3 is 11.9 Å². The molecule has 0 bridgehead atoms. The summed E-state index contributed by atoms with van der Waals surface area (Å²) in [5, 5.41) is 5.30. The zero-order valence-corrected chi connectivity index (χ0v) is 14.5. The molecule has 0 heterocycles. The summed E-state index contributed by atoms with van der Waals surface area (Å²) in [6.45, 7) is 0. The van der Waals surface area contributed by atoms with Crippen LogP contribution in [0.2, 0.25) is 0 Å². The summed E-state index contributed by atoms with van der Waals surface area (Å²) in [7, 11) is 4.08. The highest BCUT2D eigenvalue weighted by molar-refractivity contribution is 6.10. The van der Waals surface area contributed by atoms with E-state index in [0.29, 0.717) is 11.3 Å². The van der Waals surface area contributed by atoms with Crippen molar-refractivity contribution in [3.8, 4) is 0 Å². The first-order chi connectivity index (χ1) is 11.9. The lowest BCUT2D eigenvalue weighted by Gasteiger charge is -2.16. The Kier molecular flexibility index (Phi) is 8.11. The largest absolute Gasteiger partial charge is 0.469 e. The highest BCUT2D eigenvalue weighted by Crippen LogP contribution is 2.16. The fourth-order valence-corrected chi connectivity index (χ4v) is 2.19. The van der Waals surface area contributed by atoms with E-state index in [4.69, 9.17) is 0 Å². The first-order valence-corrected chi connectivity index (χ1v) is 7.66. The maximum Gasteiger partial charge on any atom is 0.328 e. The van der Waals surface area contributed by atoms with Crippen molar-refractivity contribution in [2.24, 2.45) is 0 Å². The molecule has 0 saturated carbocycles. The van der Waals surface area contributed by atoms with Crippen molar-refractivity contribution in [1.29, 1.82) is 0 Å². The van der Waals surface area contributed by atoms with Crippen molar-refractivity contribution in [2.75, 3.05) is 26.6 Å². The van der Waals surface area contributed by atoms with Crippen LogP contribution in [0.1, 0.15) is 29.6 Å². The highest BCUT2D eigenvalue weighted by atomic mass is 16.5. The molecule has 25 heavy (non-hydrogen) atoms. The Morgan fingerprint density at radius 3 is 2.36 bits per heavy atom. The Morgan fingerprint density at radius 1 is 1.08 bits per heavy atom. The third-order valence-corrected chi connectivity index (χ3v) is 3.50. The second-order valence-corrected chi connectivity index (χ2v) is 5.15. The number of hydrogen-bond donors (Lipinski definition) is 2. The molecule has 0 aliphatic rings. The van der Waals surface area contributed by atoms with Crippen molar-refractivity contribution in [1.82, 2.24) is 5.32 Å². The number of para-hydroxylation sites is 1. The van der Waals surface area contributed by atoms with E-state index < -0.39 is 30.3 Å². The lowest BCUT2D eigenvalue weighted by molar-refractivity contribution is -0.146. The number of anilines is 1. The molecule has 0 aromatic heterocycles. The van der Waals surface area contributed by atoms with E-state index >= 15 is 0 Å². The molecule has 0 radical (unpaired) electrons. The standard InChI is InChI=1S/C17H22N2O6/c1-18-12-7-5-4-6-11(12)14(20)10-15(21)19-13(17(23)25-3)8-9-16(22)24-2/h4-7,13,18H,8-10H2,1-3H3,(H,19,21)/t13-/m0/s1. The van der Waals surface area contributed by atoms with Gasteiger partial charge in [0, 0.05) is 24.7 Å². The molecular formula is C17H22N2O6. The molecule has 0 unspecified atom stereocenters. The van der Waals surface area contributed by atoms with Gasteiger partial charge < -0.3 is 20.1 Å². The van der Waals surface area contributed by atoms with E-state index in [1.54, 1.807) is 31.3 Å². The smallest absolute Gasteiger partial charge is 0.328 e. The Labute approximate surface area is 145 Å². The Morgan fingerprint density at radius 2 is 1.76 bits per heavy atom. The highest BCUT2D eigenvalue weighted by Gasteiger charge is 2.24. The Bertz CT molecular complexity index is 644. The van der Waals surface area contributed by atoms with E-state index in [-0.39, 0.29) is 18.6 Å². The molecule has 1 amide bonds. The van der Waals surface area contributed by atoms with Crippen LogP contribution in [-0.4, -0.2) is 50.9 Å². The lowest BCUT2D eigenvalue weighted by Crippen LogP contribution is -2.42. The number of hydrogen-bond acceptors (Lipinski definition) is 7. The summed E-state index contributed by atoms with van der Waals surface area (Å²) in [6, 6.07) is 5.77. The van der Waals surface area contributed by atoms with Gasteiger partial charge in [-0.05, 0) is 18.6 Å². The number of Topliss-reactive ketones (excluding diaryl/α,β-unsaturated/α-hetero) is 1. The number of benzene rings is 1. The minimum atomic E-state index is -1.02. The number of ether oxygens (including phenoxy) is 2. The van der Waals surface area contributed by atoms with Crippen LogP contribution in [0.4, 0.5) is 5.69 Å². The third kappa shape index (κ3) is 6.25. The minimum absolute atomic E-state index is 0.0202. The van der Waals surface area contributed by atoms with Crippen molar-refractivity contribution >= 4 is 29.3 Å². The zero-order chi connectivity index (χ0) is 18.8. The average Bonchev–Trinajstić information content (AvgIpc) is 2.63. The average molecular weight is 350 g/mol. The first-order valence-electron chi connectivity index (χ1n) is 7.66. The molecular weight excluding hydrogens is 328 g/mol. The normalized spacial score (nSPS) is 11.2. The van der Waals surface area contributed by atoms with Gasteiger partial charge in [-0.1, -0.05) is 12.1 Å². The summed E-state index contributed by atoms with van der Waals surface area (Å²) in [6.07, 6.45) is -0.468. The predicted octanol–water partition coefficient (Wildman–Crippen LogP) is 0.912. The van der Waals surface area contributed by atoms with Gasteiger partial charge in [-0.25, -0.2) is 4.79 Å². The topological polar surface area (TPSA) is 111 Å². The van der Waals surface area contributed by atoms with Crippen LogP contribution in [-0.2, 0) is 23.9 Å². The van der Waals surface area contributed by atoms with Crippen LogP contribution in [0.15, 0.2) is 24.3 Å². The molecule has 2 N–H and O–H groups in total. The van der Waals surface area contributed by atoms with E-state index in [1.165, 1.54) is 14.2 Å². The van der Waals surface area contributed by atoms with Gasteiger partial charge in [-0.2, -0.15) is 0 Å². The number of rotatable bonds is 9. The molecule has 0 aliphatic heterocycles. The van der Waals surface area contributed by atoms with Crippen molar-refractivity contribution < 1.29 is 28.7 Å². The van der Waals surface area contributed by atoms with Crippen LogP contribution in [0.25, 0.3) is 0 Å². The van der Waals surface area contributed by atoms with Gasteiger partial charge in [0.1, 0.15) is 6.04 Å². The fourth-order valence-electron chi connectivity index (χ4n) is 2.19. The van der Waals surface area contributed by atoms with Crippen LogP contribution < -0.4 is 10.6 Å². The van der Waals surface area contributed by atoms with Crippen molar-refractivity contribution in [3.63, 3.8) is 0 Å². The van der Waals surface area contributed by atoms with E-state index in [9.17, 15) is 19.2 Å². The predicted molar refractivity (Wildman–Crippen MR) is 90.1 cm³/mol. The van der Waals surface area contributed by atoms with Gasteiger partial charge in [0.05, 0.1) is 20.6 Å². The van der Waals surface area contributed by atoms with Crippen LogP contribution in [0.5, 0.6) is 0 Å². The number of carbonyl (C=O) groups is 4. The number of ketones is 1. The Hall–Kier alpha value is -2.90. The second-order valence-electron chi connectivity index (χ2n) is 5.15. The molecule has 8 nitrogen and oxygen atoms in total. The zero-order valence-electron chi connectivity index (χ0n) is 14.5. The molecule has 1 aromatic carbocycles. The van der Waals surface area contributed by atoms with Gasteiger partial charge in [-0.15, -0.1) is 0 Å². The fraction of sp³-hybridized carbons (Fsp3) is 0.412. The molecule has 1 aromatic rings. The van der Waals surface area contributed by atoms with Crippen LogP contribution >= 0.6 is 0 Å². The van der Waals surface area contributed by atoms with Gasteiger partial charge in [0.2, 0.25) is 5.91 Å². The maximum atomic E-state index is 12.3. The number of esters is 2. The molecule has 8 heteroatoms. The number of amides is 1. The van der Waals surface area contributed by atoms with Gasteiger partial charge in [0.25, 0.3) is 0 Å². The van der Waals surface area contributed by atoms with Gasteiger partial charge in [-0.3, -0.25) is 14.4 Å². The maximum absolute atomic E-state index is 12.3. The van der Waals surface area contributed by atoms with Crippen LogP contribution in [0, 0.1) is 0 Å². The lowest BCUT2D eigenvalue weighted by atomic mass is 10.0. The van der Waals surface area contributed by atoms with Gasteiger partial charge in [0.15, 0.2) is 5.78 Å². The summed E-state index contributed by atoms with van der Waals surface area (Å²) >= 11 is 0. The minimum Gasteiger partial charge on any atom is -0.469 e. The van der Waals surface area contributed by atoms with Crippen molar-refractivity contribution in [2.45, 2.75) is 25.3 Å². The quantitative estimate of drug-likeness (QED) is 0.387. The SMILES string of the molecule is CNc1ccccc1C(=O)CC(=O)N[C@@H](CCC(=O)OC)C(=O)OC. The summed E-state index contributed by atoms with van der Waals surface area (Å²) in [5.41, 5.74) is 0.986. The summed E-state index contributed by atoms with van der Waals surface area (Å²) in [5.74, 6) is -2.22. The first kappa shape index (κ1) is 20.1. The number of carbonyl (C=O) groups excluding carboxylic acids is 4. The molecule has 0 fully saturated rings. The molecule has 136 valence electrons. The molecule has 1 rings (SSSR count). The third-order valence-electron chi connectivity index (χ3n) is 3.50. The monoisotopic (exact) mass is 350 g/mol. The number of nitrogens with one attached hydrogen (secondary N) is 2. The van der Waals surface area contributed by atoms with E-state index in [1.807, 2.05) is 0 Å². The number of methoxy groups -OCH3 is 2. The van der Waals surface area contributed by atoms with Crippen LogP contribution in [0.3, 0.4) is 0 Å². The molecule has 1 atom stereocenters. The van der Waals surface area contributed by atoms with E-state index in [2.05, 4.69) is 20.1 Å². The summed E-state index contributed by atoms with van der Waals surface area (Å²) < 4.78 is 9.11. The van der Waals surface area contributed by atoms with E-state index in [0.717, 1.165) is 0 Å². The summed E-state index contributed by atoms with van der Waals surface area (Å²) in [4.78, 5) is 47.3.